The van der Waals surface area contributed by atoms with Crippen molar-refractivity contribution in [3.05, 3.63) is 54.7 Å². The van der Waals surface area contributed by atoms with E-state index in [1.165, 1.54) is 13.1 Å². The SMILES string of the molecule is CCOc1ccccc1Nc1cnnc(Nc2ccc(NC(C)=O)cc2)n1. The molecule has 0 spiro atoms. The molecule has 8 nitrogen and oxygen atoms in total. The minimum Gasteiger partial charge on any atom is -0.492 e. The van der Waals surface area contributed by atoms with Gasteiger partial charge in [0.1, 0.15) is 5.75 Å². The molecule has 3 rings (SSSR count). The molecule has 27 heavy (non-hydrogen) atoms. The standard InChI is InChI=1S/C19H20N6O2/c1-3-27-17-7-5-4-6-16(17)23-18-12-20-25-19(24-18)22-15-10-8-14(9-11-15)21-13(2)26/h4-12H,3H2,1-2H3,(H,21,26)(H2,22,23,24,25). The van der Waals surface area contributed by atoms with E-state index in [1.54, 1.807) is 12.1 Å². The Morgan fingerprint density at radius 3 is 2.52 bits per heavy atom. The van der Waals surface area contributed by atoms with Gasteiger partial charge in [0.25, 0.3) is 0 Å². The van der Waals surface area contributed by atoms with Crippen LogP contribution in [0.5, 0.6) is 5.75 Å². The van der Waals surface area contributed by atoms with Crippen LogP contribution in [-0.4, -0.2) is 27.7 Å². The van der Waals surface area contributed by atoms with Crippen molar-refractivity contribution < 1.29 is 9.53 Å². The number of aromatic nitrogens is 3. The van der Waals surface area contributed by atoms with E-state index in [0.29, 0.717) is 18.4 Å². The number of carbonyl (C=O) groups excluding carboxylic acids is 1. The normalized spacial score (nSPS) is 10.1. The van der Waals surface area contributed by atoms with E-state index in [1.807, 2.05) is 43.3 Å². The molecule has 2 aromatic carbocycles. The van der Waals surface area contributed by atoms with Crippen molar-refractivity contribution in [2.24, 2.45) is 0 Å². The Morgan fingerprint density at radius 2 is 1.78 bits per heavy atom. The number of rotatable bonds is 7. The zero-order valence-corrected chi connectivity index (χ0v) is 15.1. The topological polar surface area (TPSA) is 101 Å². The first kappa shape index (κ1) is 18.1. The summed E-state index contributed by atoms with van der Waals surface area (Å²) in [5, 5.41) is 17.0. The van der Waals surface area contributed by atoms with Crippen molar-refractivity contribution in [1.82, 2.24) is 15.2 Å². The van der Waals surface area contributed by atoms with Gasteiger partial charge in [-0.1, -0.05) is 12.1 Å². The molecule has 0 bridgehead atoms. The molecule has 0 aliphatic rings. The number of carbonyl (C=O) groups is 1. The van der Waals surface area contributed by atoms with E-state index in [9.17, 15) is 4.79 Å². The summed E-state index contributed by atoms with van der Waals surface area (Å²) in [6.45, 7) is 3.97. The van der Waals surface area contributed by atoms with Gasteiger partial charge < -0.3 is 20.7 Å². The lowest BCUT2D eigenvalue weighted by Crippen LogP contribution is -2.06. The van der Waals surface area contributed by atoms with Gasteiger partial charge in [-0.05, 0) is 43.3 Å². The van der Waals surface area contributed by atoms with E-state index in [4.69, 9.17) is 4.74 Å². The molecule has 138 valence electrons. The van der Waals surface area contributed by atoms with Crippen molar-refractivity contribution >= 4 is 34.7 Å². The average Bonchev–Trinajstić information content (AvgIpc) is 2.65. The summed E-state index contributed by atoms with van der Waals surface area (Å²) >= 11 is 0. The van der Waals surface area contributed by atoms with Crippen molar-refractivity contribution in [1.29, 1.82) is 0 Å². The highest BCUT2D eigenvalue weighted by Crippen LogP contribution is 2.26. The fraction of sp³-hybridized carbons (Fsp3) is 0.158. The summed E-state index contributed by atoms with van der Waals surface area (Å²) in [6.07, 6.45) is 1.54. The fourth-order valence-corrected chi connectivity index (χ4v) is 2.38. The van der Waals surface area contributed by atoms with Crippen LogP contribution in [0.3, 0.4) is 0 Å². The Kier molecular flexibility index (Phi) is 5.78. The van der Waals surface area contributed by atoms with Gasteiger partial charge >= 0.3 is 0 Å². The largest absolute Gasteiger partial charge is 0.492 e. The van der Waals surface area contributed by atoms with Gasteiger partial charge in [0.05, 0.1) is 18.5 Å². The zero-order chi connectivity index (χ0) is 19.1. The number of ether oxygens (including phenoxy) is 1. The van der Waals surface area contributed by atoms with E-state index in [-0.39, 0.29) is 5.91 Å². The molecule has 8 heteroatoms. The molecule has 3 N–H and O–H groups in total. The molecule has 3 aromatic rings. The summed E-state index contributed by atoms with van der Waals surface area (Å²) in [4.78, 5) is 15.5. The molecule has 0 aliphatic carbocycles. The fourth-order valence-electron chi connectivity index (χ4n) is 2.38. The van der Waals surface area contributed by atoms with Crippen LogP contribution in [-0.2, 0) is 4.79 Å². The molecule has 0 saturated carbocycles. The lowest BCUT2D eigenvalue weighted by atomic mass is 10.3. The number of anilines is 5. The summed E-state index contributed by atoms with van der Waals surface area (Å²) in [6, 6.07) is 14.8. The Balaban J connectivity index is 1.71. The van der Waals surface area contributed by atoms with Gasteiger partial charge in [-0.25, -0.2) is 0 Å². The summed E-state index contributed by atoms with van der Waals surface area (Å²) < 4.78 is 5.60. The number of nitrogens with zero attached hydrogens (tertiary/aromatic N) is 3. The summed E-state index contributed by atoms with van der Waals surface area (Å²) in [5.41, 5.74) is 2.29. The summed E-state index contributed by atoms with van der Waals surface area (Å²) in [7, 11) is 0. The molecule has 0 aliphatic heterocycles. The van der Waals surface area contributed by atoms with E-state index in [0.717, 1.165) is 22.8 Å². The maximum atomic E-state index is 11.1. The number of hydrogen-bond acceptors (Lipinski definition) is 7. The van der Waals surface area contributed by atoms with E-state index < -0.39 is 0 Å². The highest BCUT2D eigenvalue weighted by molar-refractivity contribution is 5.88. The van der Waals surface area contributed by atoms with Crippen LogP contribution in [0, 0.1) is 0 Å². The maximum Gasteiger partial charge on any atom is 0.249 e. The number of para-hydroxylation sites is 2. The molecular formula is C19H20N6O2. The first-order chi connectivity index (χ1) is 13.1. The maximum absolute atomic E-state index is 11.1. The van der Waals surface area contributed by atoms with Crippen molar-refractivity contribution in [3.63, 3.8) is 0 Å². The predicted octanol–water partition coefficient (Wildman–Crippen LogP) is 3.72. The molecule has 0 fully saturated rings. The zero-order valence-electron chi connectivity index (χ0n) is 15.1. The molecular weight excluding hydrogens is 344 g/mol. The quantitative estimate of drug-likeness (QED) is 0.587. The molecule has 0 saturated heterocycles. The highest BCUT2D eigenvalue weighted by Gasteiger charge is 2.06. The number of benzene rings is 2. The second-order valence-electron chi connectivity index (χ2n) is 5.60. The molecule has 0 radical (unpaired) electrons. The van der Waals surface area contributed by atoms with Crippen molar-refractivity contribution in [3.8, 4) is 5.75 Å². The smallest absolute Gasteiger partial charge is 0.249 e. The first-order valence-corrected chi connectivity index (χ1v) is 8.47. The molecule has 0 atom stereocenters. The minimum absolute atomic E-state index is 0.116. The van der Waals surface area contributed by atoms with Gasteiger partial charge in [-0.2, -0.15) is 10.1 Å². The molecule has 1 heterocycles. The van der Waals surface area contributed by atoms with Crippen molar-refractivity contribution in [2.45, 2.75) is 13.8 Å². The number of nitrogens with one attached hydrogen (secondary N) is 3. The lowest BCUT2D eigenvalue weighted by Gasteiger charge is -2.12. The van der Waals surface area contributed by atoms with Crippen LogP contribution in [0.15, 0.2) is 54.7 Å². The van der Waals surface area contributed by atoms with Crippen LogP contribution >= 0.6 is 0 Å². The third-order valence-electron chi connectivity index (χ3n) is 3.47. The second-order valence-corrected chi connectivity index (χ2v) is 5.60. The van der Waals surface area contributed by atoms with Crippen LogP contribution in [0.2, 0.25) is 0 Å². The van der Waals surface area contributed by atoms with E-state index >= 15 is 0 Å². The Labute approximate surface area is 157 Å². The molecule has 0 unspecified atom stereocenters. The molecule has 1 aromatic heterocycles. The van der Waals surface area contributed by atoms with Crippen LogP contribution in [0.25, 0.3) is 0 Å². The van der Waals surface area contributed by atoms with Gasteiger partial charge in [-0.15, -0.1) is 5.10 Å². The highest BCUT2D eigenvalue weighted by atomic mass is 16.5. The summed E-state index contributed by atoms with van der Waals surface area (Å²) in [5.74, 6) is 1.51. The van der Waals surface area contributed by atoms with E-state index in [2.05, 4.69) is 31.1 Å². The third-order valence-corrected chi connectivity index (χ3v) is 3.47. The lowest BCUT2D eigenvalue weighted by molar-refractivity contribution is -0.114. The van der Waals surface area contributed by atoms with Crippen LogP contribution in [0.4, 0.5) is 28.8 Å². The van der Waals surface area contributed by atoms with Gasteiger partial charge in [0.15, 0.2) is 5.82 Å². The van der Waals surface area contributed by atoms with Crippen molar-refractivity contribution in [2.75, 3.05) is 22.6 Å². The Morgan fingerprint density at radius 1 is 1.04 bits per heavy atom. The average molecular weight is 364 g/mol. The van der Waals surface area contributed by atoms with Gasteiger partial charge in [-0.3, -0.25) is 4.79 Å². The van der Waals surface area contributed by atoms with Crippen LogP contribution < -0.4 is 20.7 Å². The first-order valence-electron chi connectivity index (χ1n) is 8.47. The van der Waals surface area contributed by atoms with Crippen LogP contribution in [0.1, 0.15) is 13.8 Å². The Bertz CT molecular complexity index is 914. The second kappa shape index (κ2) is 8.61. The van der Waals surface area contributed by atoms with Gasteiger partial charge in [0, 0.05) is 18.3 Å². The third kappa shape index (κ3) is 5.15. The number of amides is 1. The number of hydrogen-bond donors (Lipinski definition) is 3. The monoisotopic (exact) mass is 364 g/mol. The predicted molar refractivity (Wildman–Crippen MR) is 105 cm³/mol. The minimum atomic E-state index is -0.116. The Hall–Kier alpha value is -3.68. The van der Waals surface area contributed by atoms with Gasteiger partial charge in [0.2, 0.25) is 11.9 Å². The molecule has 1 amide bonds.